The first-order chi connectivity index (χ1) is 9.19. The topological polar surface area (TPSA) is 58.0 Å². The minimum absolute atomic E-state index is 0.0722. The van der Waals surface area contributed by atoms with E-state index in [1.54, 1.807) is 6.07 Å². The van der Waals surface area contributed by atoms with Crippen molar-refractivity contribution in [3.05, 3.63) is 17.0 Å². The number of aryl methyl sites for hydroxylation is 1. The Balaban J connectivity index is 2.08. The van der Waals surface area contributed by atoms with Crippen LogP contribution in [-0.2, 0) is 6.42 Å². The van der Waals surface area contributed by atoms with Gasteiger partial charge in [0, 0.05) is 12.5 Å². The summed E-state index contributed by atoms with van der Waals surface area (Å²) in [5, 5.41) is 13.9. The molecule has 0 spiro atoms. The van der Waals surface area contributed by atoms with Crippen molar-refractivity contribution in [2.24, 2.45) is 0 Å². The SMILES string of the molecule is CCCc1nc(Cl)cc(NC2CCCCCC2O)n1. The van der Waals surface area contributed by atoms with Crippen molar-refractivity contribution in [1.82, 2.24) is 9.97 Å². The summed E-state index contributed by atoms with van der Waals surface area (Å²) in [6.07, 6.45) is 6.80. The summed E-state index contributed by atoms with van der Waals surface area (Å²) in [5.41, 5.74) is 0. The first-order valence-corrected chi connectivity index (χ1v) is 7.55. The molecule has 0 saturated heterocycles. The van der Waals surface area contributed by atoms with Crippen LogP contribution in [0.1, 0.15) is 51.3 Å². The van der Waals surface area contributed by atoms with Gasteiger partial charge in [0.05, 0.1) is 12.1 Å². The van der Waals surface area contributed by atoms with Gasteiger partial charge in [0.2, 0.25) is 0 Å². The Labute approximate surface area is 119 Å². The normalized spacial score (nSPS) is 23.9. The van der Waals surface area contributed by atoms with Gasteiger partial charge in [-0.15, -0.1) is 0 Å². The number of anilines is 1. The molecule has 0 bridgehead atoms. The second-order valence-corrected chi connectivity index (χ2v) is 5.59. The van der Waals surface area contributed by atoms with E-state index in [0.717, 1.165) is 50.2 Å². The molecule has 5 heteroatoms. The molecule has 1 aliphatic rings. The fourth-order valence-electron chi connectivity index (χ4n) is 2.52. The predicted octanol–water partition coefficient (Wildman–Crippen LogP) is 3.19. The second-order valence-electron chi connectivity index (χ2n) is 5.20. The number of aromatic nitrogens is 2. The largest absolute Gasteiger partial charge is 0.391 e. The molecule has 0 radical (unpaired) electrons. The number of rotatable bonds is 4. The van der Waals surface area contributed by atoms with Crippen LogP contribution >= 0.6 is 11.6 Å². The maximum absolute atomic E-state index is 10.1. The highest BCUT2D eigenvalue weighted by Gasteiger charge is 2.22. The van der Waals surface area contributed by atoms with E-state index in [1.807, 2.05) is 0 Å². The zero-order valence-corrected chi connectivity index (χ0v) is 12.2. The molecule has 2 atom stereocenters. The minimum atomic E-state index is -0.300. The van der Waals surface area contributed by atoms with E-state index in [4.69, 9.17) is 11.6 Å². The average Bonchev–Trinajstić information content (AvgIpc) is 2.55. The lowest BCUT2D eigenvalue weighted by Gasteiger charge is -2.22. The fraction of sp³-hybridized carbons (Fsp3) is 0.714. The molecule has 1 aromatic rings. The van der Waals surface area contributed by atoms with E-state index < -0.39 is 0 Å². The van der Waals surface area contributed by atoms with Crippen LogP contribution in [0.5, 0.6) is 0 Å². The van der Waals surface area contributed by atoms with Crippen molar-refractivity contribution in [3.8, 4) is 0 Å². The van der Waals surface area contributed by atoms with Gasteiger partial charge in [-0.05, 0) is 19.3 Å². The van der Waals surface area contributed by atoms with E-state index in [-0.39, 0.29) is 12.1 Å². The van der Waals surface area contributed by atoms with Crippen LogP contribution in [0, 0.1) is 0 Å². The summed E-state index contributed by atoms with van der Waals surface area (Å²) in [5.74, 6) is 1.50. The Hall–Kier alpha value is -0.870. The highest BCUT2D eigenvalue weighted by molar-refractivity contribution is 6.29. The van der Waals surface area contributed by atoms with Crippen LogP contribution in [0.25, 0.3) is 0 Å². The summed E-state index contributed by atoms with van der Waals surface area (Å²) >= 11 is 6.02. The standard InChI is InChI=1S/C14H22ClN3O/c1-2-6-13-17-12(15)9-14(18-13)16-10-7-4-3-5-8-11(10)19/h9-11,19H,2-8H2,1H3,(H,16,17,18). The van der Waals surface area contributed by atoms with Crippen LogP contribution in [0.4, 0.5) is 5.82 Å². The van der Waals surface area contributed by atoms with Crippen LogP contribution in [0.3, 0.4) is 0 Å². The summed E-state index contributed by atoms with van der Waals surface area (Å²) < 4.78 is 0. The second kappa shape index (κ2) is 7.06. The van der Waals surface area contributed by atoms with Gasteiger partial charge in [-0.1, -0.05) is 37.8 Å². The third-order valence-electron chi connectivity index (χ3n) is 3.53. The molecular weight excluding hydrogens is 262 g/mol. The Kier molecular flexibility index (Phi) is 5.40. The van der Waals surface area contributed by atoms with Gasteiger partial charge in [0.15, 0.2) is 0 Å². The highest BCUT2D eigenvalue weighted by atomic mass is 35.5. The maximum Gasteiger partial charge on any atom is 0.134 e. The minimum Gasteiger partial charge on any atom is -0.391 e. The van der Waals surface area contributed by atoms with E-state index >= 15 is 0 Å². The molecule has 0 aliphatic heterocycles. The van der Waals surface area contributed by atoms with Crippen LogP contribution in [0.15, 0.2) is 6.07 Å². The van der Waals surface area contributed by atoms with Crippen LogP contribution < -0.4 is 5.32 Å². The molecule has 2 unspecified atom stereocenters. The lowest BCUT2D eigenvalue weighted by Crippen LogP contribution is -2.32. The summed E-state index contributed by atoms with van der Waals surface area (Å²) in [4.78, 5) is 8.67. The number of nitrogens with zero attached hydrogens (tertiary/aromatic N) is 2. The van der Waals surface area contributed by atoms with E-state index in [0.29, 0.717) is 5.15 Å². The number of aliphatic hydroxyl groups excluding tert-OH is 1. The molecule has 1 fully saturated rings. The van der Waals surface area contributed by atoms with Gasteiger partial charge < -0.3 is 10.4 Å². The van der Waals surface area contributed by atoms with Gasteiger partial charge in [-0.25, -0.2) is 9.97 Å². The van der Waals surface area contributed by atoms with Crippen LogP contribution in [-0.4, -0.2) is 27.2 Å². The number of nitrogens with one attached hydrogen (secondary N) is 1. The Morgan fingerprint density at radius 2 is 2.11 bits per heavy atom. The molecule has 1 saturated carbocycles. The van der Waals surface area contributed by atoms with Crippen molar-refractivity contribution >= 4 is 17.4 Å². The smallest absolute Gasteiger partial charge is 0.134 e. The van der Waals surface area contributed by atoms with E-state index in [9.17, 15) is 5.11 Å². The van der Waals surface area contributed by atoms with Crippen molar-refractivity contribution in [2.45, 2.75) is 64.0 Å². The van der Waals surface area contributed by atoms with Gasteiger partial charge in [0.1, 0.15) is 16.8 Å². The summed E-state index contributed by atoms with van der Waals surface area (Å²) in [6, 6.07) is 1.81. The summed E-state index contributed by atoms with van der Waals surface area (Å²) in [6.45, 7) is 2.09. The number of aliphatic hydroxyl groups is 1. The van der Waals surface area contributed by atoms with Crippen molar-refractivity contribution in [3.63, 3.8) is 0 Å². The average molecular weight is 284 g/mol. The number of hydrogen-bond donors (Lipinski definition) is 2. The molecule has 106 valence electrons. The fourth-order valence-corrected chi connectivity index (χ4v) is 2.72. The van der Waals surface area contributed by atoms with Gasteiger partial charge in [-0.3, -0.25) is 0 Å². The predicted molar refractivity (Wildman–Crippen MR) is 77.5 cm³/mol. The number of halogens is 1. The molecule has 1 aliphatic carbocycles. The molecule has 1 aromatic heterocycles. The molecule has 19 heavy (non-hydrogen) atoms. The molecule has 4 nitrogen and oxygen atoms in total. The maximum atomic E-state index is 10.1. The lowest BCUT2D eigenvalue weighted by atomic mass is 10.1. The van der Waals surface area contributed by atoms with Gasteiger partial charge >= 0.3 is 0 Å². The third-order valence-corrected chi connectivity index (χ3v) is 3.72. The molecule has 0 amide bonds. The van der Waals surface area contributed by atoms with Gasteiger partial charge in [-0.2, -0.15) is 0 Å². The Morgan fingerprint density at radius 3 is 2.89 bits per heavy atom. The van der Waals surface area contributed by atoms with Crippen molar-refractivity contribution in [1.29, 1.82) is 0 Å². The lowest BCUT2D eigenvalue weighted by molar-refractivity contribution is 0.144. The quantitative estimate of drug-likeness (QED) is 0.658. The molecule has 2 N–H and O–H groups in total. The third kappa shape index (κ3) is 4.32. The molecule has 2 rings (SSSR count). The molecule has 0 aromatic carbocycles. The first kappa shape index (κ1) is 14.5. The van der Waals surface area contributed by atoms with Crippen LogP contribution in [0.2, 0.25) is 5.15 Å². The molecular formula is C14H22ClN3O. The first-order valence-electron chi connectivity index (χ1n) is 7.17. The van der Waals surface area contributed by atoms with Crippen molar-refractivity contribution < 1.29 is 5.11 Å². The Morgan fingerprint density at radius 1 is 1.32 bits per heavy atom. The Bertz CT molecular complexity index is 414. The summed E-state index contributed by atoms with van der Waals surface area (Å²) in [7, 11) is 0. The zero-order chi connectivity index (χ0) is 13.7. The zero-order valence-electron chi connectivity index (χ0n) is 11.4. The van der Waals surface area contributed by atoms with E-state index in [2.05, 4.69) is 22.2 Å². The highest BCUT2D eigenvalue weighted by Crippen LogP contribution is 2.22. The van der Waals surface area contributed by atoms with Crippen molar-refractivity contribution in [2.75, 3.05) is 5.32 Å². The van der Waals surface area contributed by atoms with Gasteiger partial charge in [0.25, 0.3) is 0 Å². The molecule has 1 heterocycles. The van der Waals surface area contributed by atoms with E-state index in [1.165, 1.54) is 6.42 Å². The number of hydrogen-bond acceptors (Lipinski definition) is 4. The monoisotopic (exact) mass is 283 g/mol.